The minimum atomic E-state index is -0.792. The maximum atomic E-state index is 14.1. The molecule has 1 aromatic heterocycles. The van der Waals surface area contributed by atoms with Gasteiger partial charge in [-0.3, -0.25) is 9.36 Å². The molecule has 0 fully saturated rings. The van der Waals surface area contributed by atoms with Crippen LogP contribution in [0.25, 0.3) is 11.8 Å². The lowest BCUT2D eigenvalue weighted by Crippen LogP contribution is -2.40. The second-order valence-electron chi connectivity index (χ2n) is 9.29. The Morgan fingerprint density at radius 1 is 1.02 bits per heavy atom. The first-order chi connectivity index (χ1) is 21.0. The highest BCUT2D eigenvalue weighted by Crippen LogP contribution is 2.36. The van der Waals surface area contributed by atoms with E-state index < -0.39 is 12.0 Å². The van der Waals surface area contributed by atoms with Crippen molar-refractivity contribution in [3.05, 3.63) is 115 Å². The molecule has 5 rings (SSSR count). The number of nitriles is 1. The quantitative estimate of drug-likeness (QED) is 0.252. The maximum absolute atomic E-state index is 14.1. The van der Waals surface area contributed by atoms with Gasteiger partial charge in [0.25, 0.3) is 5.56 Å². The SMILES string of the molecule is CCOC(=O)C1=C(c2ccccc2)N=c2s/c(=C\c3ccc(OCC#N)c(OCC)c3)c(=O)n2[C@H]1c1ccc(OC)cc1. The minimum Gasteiger partial charge on any atom is -0.497 e. The number of methoxy groups -OCH3 is 1. The van der Waals surface area contributed by atoms with E-state index in [4.69, 9.17) is 29.2 Å². The van der Waals surface area contributed by atoms with Crippen molar-refractivity contribution in [2.45, 2.75) is 19.9 Å². The Kier molecular flexibility index (Phi) is 9.03. The Labute approximate surface area is 252 Å². The second kappa shape index (κ2) is 13.2. The lowest BCUT2D eigenvalue weighted by molar-refractivity contribution is -0.138. The number of hydrogen-bond donors (Lipinski definition) is 0. The molecule has 0 saturated heterocycles. The van der Waals surface area contributed by atoms with Crippen LogP contribution in [-0.4, -0.2) is 37.5 Å². The smallest absolute Gasteiger partial charge is 0.338 e. The number of thiazole rings is 1. The molecule has 0 spiro atoms. The van der Waals surface area contributed by atoms with Crippen molar-refractivity contribution in [2.75, 3.05) is 26.9 Å². The highest BCUT2D eigenvalue weighted by atomic mass is 32.1. The molecule has 9 nitrogen and oxygen atoms in total. The monoisotopic (exact) mass is 595 g/mol. The van der Waals surface area contributed by atoms with E-state index in [0.717, 1.165) is 5.56 Å². The average molecular weight is 596 g/mol. The molecule has 0 bridgehead atoms. The summed E-state index contributed by atoms with van der Waals surface area (Å²) in [6.45, 7) is 4.04. The number of esters is 1. The summed E-state index contributed by atoms with van der Waals surface area (Å²) in [5.41, 5.74) is 2.56. The number of nitrogens with zero attached hydrogens (tertiary/aromatic N) is 3. The van der Waals surface area contributed by atoms with Gasteiger partial charge in [-0.25, -0.2) is 9.79 Å². The van der Waals surface area contributed by atoms with Gasteiger partial charge in [0.2, 0.25) is 0 Å². The van der Waals surface area contributed by atoms with E-state index >= 15 is 0 Å². The summed E-state index contributed by atoms with van der Waals surface area (Å²) in [7, 11) is 1.58. The zero-order chi connectivity index (χ0) is 30.3. The van der Waals surface area contributed by atoms with Crippen LogP contribution in [0.5, 0.6) is 17.2 Å². The zero-order valence-corrected chi connectivity index (χ0v) is 24.7. The van der Waals surface area contributed by atoms with Gasteiger partial charge in [0, 0.05) is 5.56 Å². The third kappa shape index (κ3) is 6.08. The number of fused-ring (bicyclic) bond motifs is 1. The van der Waals surface area contributed by atoms with Crippen molar-refractivity contribution in [1.29, 1.82) is 5.26 Å². The van der Waals surface area contributed by atoms with Crippen molar-refractivity contribution in [2.24, 2.45) is 4.99 Å². The molecule has 1 aliphatic rings. The van der Waals surface area contributed by atoms with Crippen LogP contribution in [0.15, 0.2) is 88.2 Å². The van der Waals surface area contributed by atoms with Gasteiger partial charge in [-0.15, -0.1) is 0 Å². The number of benzene rings is 3. The molecule has 0 unspecified atom stereocenters. The van der Waals surface area contributed by atoms with Crippen LogP contribution in [0.2, 0.25) is 0 Å². The Morgan fingerprint density at radius 3 is 2.47 bits per heavy atom. The van der Waals surface area contributed by atoms with Gasteiger partial charge in [-0.2, -0.15) is 5.26 Å². The number of carbonyl (C=O) groups excluding carboxylic acids is 1. The summed E-state index contributed by atoms with van der Waals surface area (Å²) in [5.74, 6) is 1.00. The molecule has 3 aromatic carbocycles. The summed E-state index contributed by atoms with van der Waals surface area (Å²) >= 11 is 1.23. The summed E-state index contributed by atoms with van der Waals surface area (Å²) in [6.07, 6.45) is 1.75. The number of carbonyl (C=O) groups is 1. The molecule has 0 radical (unpaired) electrons. The van der Waals surface area contributed by atoms with Crippen LogP contribution in [-0.2, 0) is 9.53 Å². The van der Waals surface area contributed by atoms with Gasteiger partial charge in [0.1, 0.15) is 11.8 Å². The van der Waals surface area contributed by atoms with Crippen LogP contribution in [0.3, 0.4) is 0 Å². The molecule has 2 heterocycles. The van der Waals surface area contributed by atoms with Gasteiger partial charge in [0.15, 0.2) is 22.9 Å². The predicted octanol–water partition coefficient (Wildman–Crippen LogP) is 4.25. The first kappa shape index (κ1) is 29.4. The predicted molar refractivity (Wildman–Crippen MR) is 163 cm³/mol. The van der Waals surface area contributed by atoms with Crippen molar-refractivity contribution >= 4 is 29.1 Å². The van der Waals surface area contributed by atoms with Crippen LogP contribution in [0.4, 0.5) is 0 Å². The van der Waals surface area contributed by atoms with Crippen LogP contribution < -0.4 is 29.1 Å². The fraction of sp³-hybridized carbons (Fsp3) is 0.212. The summed E-state index contributed by atoms with van der Waals surface area (Å²) < 4.78 is 24.0. The largest absolute Gasteiger partial charge is 0.497 e. The van der Waals surface area contributed by atoms with Crippen molar-refractivity contribution in [3.8, 4) is 23.3 Å². The molecule has 0 N–H and O–H groups in total. The Hall–Kier alpha value is -5.14. The lowest BCUT2D eigenvalue weighted by atomic mass is 9.93. The van der Waals surface area contributed by atoms with Gasteiger partial charge in [-0.05, 0) is 55.3 Å². The average Bonchev–Trinajstić information content (AvgIpc) is 3.34. The Bertz CT molecular complexity index is 1890. The van der Waals surface area contributed by atoms with Gasteiger partial charge in [0.05, 0.1) is 42.2 Å². The molecule has 10 heteroatoms. The van der Waals surface area contributed by atoms with Crippen molar-refractivity contribution in [3.63, 3.8) is 0 Å². The van der Waals surface area contributed by atoms with Crippen LogP contribution >= 0.6 is 11.3 Å². The fourth-order valence-corrected chi connectivity index (χ4v) is 5.81. The van der Waals surface area contributed by atoms with Gasteiger partial charge >= 0.3 is 5.97 Å². The molecule has 0 aliphatic carbocycles. The molecular weight excluding hydrogens is 566 g/mol. The Balaban J connectivity index is 1.74. The second-order valence-corrected chi connectivity index (χ2v) is 10.3. The highest BCUT2D eigenvalue weighted by molar-refractivity contribution is 7.07. The number of aromatic nitrogens is 1. The number of hydrogen-bond acceptors (Lipinski definition) is 9. The maximum Gasteiger partial charge on any atom is 0.338 e. The van der Waals surface area contributed by atoms with E-state index in [1.54, 1.807) is 55.0 Å². The molecule has 0 saturated carbocycles. The van der Waals surface area contributed by atoms with E-state index in [2.05, 4.69) is 0 Å². The first-order valence-electron chi connectivity index (χ1n) is 13.7. The topological polar surface area (TPSA) is 112 Å². The van der Waals surface area contributed by atoms with Gasteiger partial charge in [-0.1, -0.05) is 59.9 Å². The summed E-state index contributed by atoms with van der Waals surface area (Å²) in [4.78, 5) is 33.0. The Morgan fingerprint density at radius 2 is 1.79 bits per heavy atom. The zero-order valence-electron chi connectivity index (χ0n) is 23.9. The summed E-state index contributed by atoms with van der Waals surface area (Å²) in [5, 5.41) is 8.91. The molecule has 1 aliphatic heterocycles. The summed E-state index contributed by atoms with van der Waals surface area (Å²) in [6, 6.07) is 23.1. The van der Waals surface area contributed by atoms with Crippen molar-refractivity contribution < 1.29 is 23.7 Å². The molecule has 4 aromatic rings. The van der Waals surface area contributed by atoms with Gasteiger partial charge < -0.3 is 18.9 Å². The molecular formula is C33H29N3O6S. The lowest BCUT2D eigenvalue weighted by Gasteiger charge is -2.26. The molecule has 43 heavy (non-hydrogen) atoms. The third-order valence-corrected chi connectivity index (χ3v) is 7.65. The van der Waals surface area contributed by atoms with E-state index in [0.29, 0.717) is 50.0 Å². The highest BCUT2D eigenvalue weighted by Gasteiger charge is 2.35. The van der Waals surface area contributed by atoms with Crippen LogP contribution in [0.1, 0.15) is 36.6 Å². The van der Waals surface area contributed by atoms with E-state index in [9.17, 15) is 9.59 Å². The molecule has 0 amide bonds. The normalized spacial score (nSPS) is 14.4. The molecule has 218 valence electrons. The fourth-order valence-electron chi connectivity index (χ4n) is 4.81. The van der Waals surface area contributed by atoms with E-state index in [1.807, 2.05) is 55.5 Å². The third-order valence-electron chi connectivity index (χ3n) is 6.66. The number of ether oxygens (including phenoxy) is 4. The van der Waals surface area contributed by atoms with E-state index in [-0.39, 0.29) is 24.3 Å². The van der Waals surface area contributed by atoms with Crippen LogP contribution in [0, 0.1) is 11.3 Å². The number of rotatable bonds is 10. The standard InChI is InChI=1S/C33H29N3O6S/c1-4-40-26-19-21(11-16-25(26)42-18-17-34)20-27-31(37)36-30(23-12-14-24(39-3)15-13-23)28(32(38)41-5-2)29(35-33(36)43-27)22-9-7-6-8-10-22/h6-16,19-20,30H,4-5,18H2,1-3H3/b27-20-/t30-/m0/s1. The molecule has 1 atom stereocenters. The first-order valence-corrected chi connectivity index (χ1v) is 14.5. The van der Waals surface area contributed by atoms with Crippen molar-refractivity contribution in [1.82, 2.24) is 4.57 Å². The van der Waals surface area contributed by atoms with E-state index in [1.165, 1.54) is 11.3 Å². The minimum absolute atomic E-state index is 0.115.